The van der Waals surface area contributed by atoms with Gasteiger partial charge in [0.25, 0.3) is 10.2 Å². The fraction of sp³-hybridized carbons (Fsp3) is 0.846. The Balaban J connectivity index is -0.0000000139. The Morgan fingerprint density at radius 3 is 0.958 bits per heavy atom. The molecular formula is C13H35Ar2FO4S2Y2-2. The molecule has 0 spiro atoms. The van der Waals surface area contributed by atoms with Gasteiger partial charge in [-0.15, -0.1) is 3.89 Å². The number of hydrogen-bond donors (Lipinski definition) is 0. The van der Waals surface area contributed by atoms with Crippen molar-refractivity contribution in [2.24, 2.45) is 0 Å². The molecule has 0 aromatic carbocycles. The first kappa shape index (κ1) is 63.0. The van der Waals surface area contributed by atoms with Crippen LogP contribution in [0.25, 0.3) is 0 Å². The van der Waals surface area contributed by atoms with Crippen LogP contribution in [0.2, 0.25) is 0 Å². The number of halogens is 1. The minimum absolute atomic E-state index is 0. The van der Waals surface area contributed by atoms with Crippen LogP contribution in [-0.2, 0) is 85.5 Å². The minimum atomic E-state index is -4.24. The number of rotatable bonds is 4. The maximum Gasteiger partial charge on any atom is 0.299 e. The van der Waals surface area contributed by atoms with Crippen LogP contribution in [0.15, 0.2) is 0 Å². The minimum Gasteiger partial charge on any atom is -0.342 e. The van der Waals surface area contributed by atoms with Crippen molar-refractivity contribution in [1.82, 2.24) is 0 Å². The monoisotopic (exact) mass is 596 g/mol. The Morgan fingerprint density at radius 2 is 0.958 bits per heavy atom. The Morgan fingerprint density at radius 1 is 0.750 bits per heavy atom. The largest absolute Gasteiger partial charge is 0.342 e. The van der Waals surface area contributed by atoms with E-state index in [0.29, 0.717) is 6.42 Å². The Bertz CT molecular complexity index is 308. The molecule has 0 bridgehead atoms. The van der Waals surface area contributed by atoms with Crippen LogP contribution in [0.1, 0.15) is 55.4 Å². The van der Waals surface area contributed by atoms with Crippen molar-refractivity contribution in [1.29, 1.82) is 0 Å². The van der Waals surface area contributed by atoms with Gasteiger partial charge in [0.05, 0.1) is 5.75 Å². The maximum atomic E-state index is 11.3. The van der Waals surface area contributed by atoms with Crippen molar-refractivity contribution < 1.29 is 162 Å². The molecule has 0 aromatic heterocycles. The first-order chi connectivity index (χ1) is 8.12. The third-order valence-electron chi connectivity index (χ3n) is 0.903. The standard InChI is InChI=1S/C4H9O2S.C3H6FO2S.2C2H6.2CH4.2Ar.2Y/c1-3-4-7(2,5)6;1-2-3-7(4,5)6;2*1-2;;;;;;/h1,3-4H2,2H3;1-3H2;2*1-2H3;2*1H4;;;;/q2*-1;;;;;;;;. The zero-order valence-electron chi connectivity index (χ0n) is 13.9. The van der Waals surface area contributed by atoms with Crippen molar-refractivity contribution >= 4 is 20.1 Å². The quantitative estimate of drug-likeness (QED) is 0.363. The molecule has 0 aliphatic rings. The van der Waals surface area contributed by atoms with E-state index in [2.05, 4.69) is 13.8 Å². The third kappa shape index (κ3) is 110. The van der Waals surface area contributed by atoms with Crippen LogP contribution in [-0.4, -0.2) is 34.6 Å². The van der Waals surface area contributed by atoms with Crippen molar-refractivity contribution in [3.05, 3.63) is 13.8 Å². The van der Waals surface area contributed by atoms with E-state index in [9.17, 15) is 20.7 Å². The summed E-state index contributed by atoms with van der Waals surface area (Å²) in [5, 5.41) is 0. The zero-order valence-corrected chi connectivity index (χ0v) is 22.7. The van der Waals surface area contributed by atoms with Crippen LogP contribution >= 0.6 is 0 Å². The van der Waals surface area contributed by atoms with E-state index >= 15 is 0 Å². The first-order valence-electron chi connectivity index (χ1n) is 5.81. The van der Waals surface area contributed by atoms with Crippen LogP contribution < -0.4 is 0 Å². The summed E-state index contributed by atoms with van der Waals surface area (Å²) in [6, 6.07) is 0. The molecule has 2 radical (unpaired) electrons. The fourth-order valence-electron chi connectivity index (χ4n) is 0.435. The fourth-order valence-corrected chi connectivity index (χ4v) is 1.30. The van der Waals surface area contributed by atoms with Gasteiger partial charge in [-0.05, 0) is 0 Å². The number of sulfone groups is 1. The topological polar surface area (TPSA) is 68.3 Å². The van der Waals surface area contributed by atoms with Crippen LogP contribution in [0.3, 0.4) is 0 Å². The van der Waals surface area contributed by atoms with Crippen LogP contribution in [0.5, 0.6) is 0 Å². The van der Waals surface area contributed by atoms with Gasteiger partial charge in [-0.2, -0.15) is 21.3 Å². The van der Waals surface area contributed by atoms with Gasteiger partial charge >= 0.3 is 0 Å². The molecule has 0 unspecified atom stereocenters. The molecule has 0 aliphatic heterocycles. The molecule has 154 valence electrons. The maximum absolute atomic E-state index is 11.3. The van der Waals surface area contributed by atoms with Crippen molar-refractivity contribution in [3.63, 3.8) is 0 Å². The van der Waals surface area contributed by atoms with Gasteiger partial charge in [0.2, 0.25) is 0 Å². The van der Waals surface area contributed by atoms with Gasteiger partial charge in [-0.1, -0.05) is 42.5 Å². The predicted octanol–water partition coefficient (Wildman–Crippen LogP) is 4.08. The molecule has 11 heteroatoms. The van der Waals surface area contributed by atoms with Gasteiger partial charge in [0.15, 0.2) is 0 Å². The van der Waals surface area contributed by atoms with Gasteiger partial charge in [-0.3, -0.25) is 0 Å². The van der Waals surface area contributed by atoms with Crippen molar-refractivity contribution in [2.45, 2.75) is 55.4 Å². The smallest absolute Gasteiger partial charge is 0.299 e. The molecule has 0 rings (SSSR count). The second-order valence-corrected chi connectivity index (χ2v) is 6.33. The molecule has 0 heterocycles. The van der Waals surface area contributed by atoms with Gasteiger partial charge in [0.1, 0.15) is 9.84 Å². The summed E-state index contributed by atoms with van der Waals surface area (Å²) >= 11 is 0. The summed E-state index contributed by atoms with van der Waals surface area (Å²) in [5.74, 6) is -0.264. The summed E-state index contributed by atoms with van der Waals surface area (Å²) in [6.07, 6.45) is 1.77. The SMILES string of the molecule is C.C.CC.CC.[Ar].[Ar].[CH2-]CCS(=O)(=O)F.[CH2-]CCS(C)(=O)=O.[Y].[Y]. The second kappa shape index (κ2) is 46.0. The molecule has 0 aliphatic carbocycles. The summed E-state index contributed by atoms with van der Waals surface area (Å²) in [4.78, 5) is 0. The molecule has 24 heavy (non-hydrogen) atoms. The van der Waals surface area contributed by atoms with E-state index < -0.39 is 25.8 Å². The summed E-state index contributed by atoms with van der Waals surface area (Å²) < 4.78 is 50.8. The molecule has 0 atom stereocenters. The molecule has 4 nitrogen and oxygen atoms in total. The van der Waals surface area contributed by atoms with E-state index in [1.54, 1.807) is 0 Å². The normalized spacial score (nSPS) is 7.33. The van der Waals surface area contributed by atoms with E-state index in [1.807, 2.05) is 27.7 Å². The number of hydrogen-bond acceptors (Lipinski definition) is 4. The Labute approximate surface area is 263 Å². The van der Waals surface area contributed by atoms with Crippen molar-refractivity contribution in [3.8, 4) is 0 Å². The van der Waals surface area contributed by atoms with Crippen LogP contribution in [0.4, 0.5) is 3.89 Å². The Hall–Kier alpha value is 4.56. The average Bonchev–Trinajstić information content (AvgIpc) is 2.21. The first-order valence-corrected chi connectivity index (χ1v) is 9.42. The zero-order chi connectivity index (χ0) is 15.8. The molecule has 0 aromatic rings. The van der Waals surface area contributed by atoms with Gasteiger partial charge < -0.3 is 13.8 Å². The van der Waals surface area contributed by atoms with Gasteiger partial charge in [-0.25, -0.2) is 8.42 Å². The van der Waals surface area contributed by atoms with Gasteiger partial charge in [0, 0.05) is 153 Å². The van der Waals surface area contributed by atoms with E-state index in [-0.39, 0.29) is 168 Å². The molecular weight excluding hydrogens is 561 g/mol. The summed E-state index contributed by atoms with van der Waals surface area (Å²) in [7, 11) is -6.97. The average molecular weight is 596 g/mol. The predicted molar refractivity (Wildman–Crippen MR) is 90.7 cm³/mol. The van der Waals surface area contributed by atoms with E-state index in [4.69, 9.17) is 0 Å². The molecule has 0 N–H and O–H groups in total. The summed E-state index contributed by atoms with van der Waals surface area (Å²) in [5.41, 5.74) is 0. The molecule has 0 amide bonds. The van der Waals surface area contributed by atoms with Crippen LogP contribution in [0, 0.1) is 89.3 Å². The summed E-state index contributed by atoms with van der Waals surface area (Å²) in [6.45, 7) is 14.5. The third-order valence-corrected chi connectivity index (χ3v) is 2.71. The molecule has 0 fully saturated rings. The van der Waals surface area contributed by atoms with E-state index in [0.717, 1.165) is 0 Å². The van der Waals surface area contributed by atoms with Crippen molar-refractivity contribution in [2.75, 3.05) is 17.8 Å². The Kier molecular flexibility index (Phi) is 121. The molecule has 0 saturated heterocycles. The van der Waals surface area contributed by atoms with E-state index in [1.165, 1.54) is 6.26 Å². The molecule has 0 saturated carbocycles. The second-order valence-electron chi connectivity index (χ2n) is 2.58.